The van der Waals surface area contributed by atoms with Crippen molar-refractivity contribution in [2.75, 3.05) is 26.8 Å². The van der Waals surface area contributed by atoms with E-state index in [1.54, 1.807) is 30.3 Å². The van der Waals surface area contributed by atoms with Gasteiger partial charge in [-0.15, -0.1) is 0 Å². The molecule has 6 nitrogen and oxygen atoms in total. The number of likely N-dealkylation sites (N-methyl/N-ethyl adjacent to an activating group) is 1. The monoisotopic (exact) mass is 396 g/mol. The summed E-state index contributed by atoms with van der Waals surface area (Å²) in [6.07, 6.45) is 3.13. The van der Waals surface area contributed by atoms with Crippen molar-refractivity contribution in [2.24, 2.45) is 0 Å². The summed E-state index contributed by atoms with van der Waals surface area (Å²) in [6, 6.07) is 7.43. The summed E-state index contributed by atoms with van der Waals surface area (Å²) < 4.78 is 11.0. The number of aromatic amines is 1. The Morgan fingerprint density at radius 2 is 2.03 bits per heavy atom. The van der Waals surface area contributed by atoms with Gasteiger partial charge in [-0.2, -0.15) is 0 Å². The first-order chi connectivity index (χ1) is 13.8. The molecule has 154 valence electrons. The van der Waals surface area contributed by atoms with Crippen molar-refractivity contribution in [1.82, 2.24) is 9.88 Å². The van der Waals surface area contributed by atoms with Crippen molar-refractivity contribution >= 4 is 16.9 Å². The molecule has 1 N–H and O–H groups in total. The van der Waals surface area contributed by atoms with Crippen LogP contribution in [0, 0.1) is 0 Å². The molecule has 2 heterocycles. The third-order valence-corrected chi connectivity index (χ3v) is 5.08. The zero-order valence-corrected chi connectivity index (χ0v) is 17.7. The molecular weight excluding hydrogens is 368 g/mol. The fourth-order valence-electron chi connectivity index (χ4n) is 3.44. The van der Waals surface area contributed by atoms with Crippen molar-refractivity contribution in [1.29, 1.82) is 0 Å². The van der Waals surface area contributed by atoms with Gasteiger partial charge in [0, 0.05) is 42.9 Å². The Morgan fingerprint density at radius 1 is 1.28 bits per heavy atom. The van der Waals surface area contributed by atoms with E-state index in [-0.39, 0.29) is 16.9 Å². The number of hydrogen-bond donors (Lipinski definition) is 1. The lowest BCUT2D eigenvalue weighted by atomic mass is 9.84. The molecule has 0 unspecified atom stereocenters. The maximum atomic E-state index is 13.2. The highest BCUT2D eigenvalue weighted by Crippen LogP contribution is 2.36. The first kappa shape index (κ1) is 20.9. The quantitative estimate of drug-likeness (QED) is 0.678. The van der Waals surface area contributed by atoms with Crippen LogP contribution in [0.4, 0.5) is 0 Å². The molecule has 1 amide bonds. The maximum Gasteiger partial charge on any atom is 0.257 e. The molecule has 1 aromatic carbocycles. The van der Waals surface area contributed by atoms with Gasteiger partial charge < -0.3 is 19.0 Å². The molecule has 3 rings (SSSR count). The molecule has 0 spiro atoms. The van der Waals surface area contributed by atoms with Gasteiger partial charge >= 0.3 is 0 Å². The summed E-state index contributed by atoms with van der Waals surface area (Å²) >= 11 is 0. The van der Waals surface area contributed by atoms with Crippen LogP contribution in [0.3, 0.4) is 0 Å². The minimum atomic E-state index is -0.228. The smallest absolute Gasteiger partial charge is 0.257 e. The van der Waals surface area contributed by atoms with Crippen LogP contribution >= 0.6 is 0 Å². The van der Waals surface area contributed by atoms with Crippen molar-refractivity contribution in [2.45, 2.75) is 33.1 Å². The number of amides is 1. The minimum absolute atomic E-state index is 0.109. The standard InChI is InChI=1S/C23H28N2O4/c1-6-25(10-11-28-5)22(27)18-14-29-20-17(18)12-15(13-19(20)23(2,3)4)16-8-7-9-24-21(16)26/h7-9,12-14H,6,10-11H2,1-5H3,(H,24,26). The van der Waals surface area contributed by atoms with E-state index in [2.05, 4.69) is 25.8 Å². The van der Waals surface area contributed by atoms with E-state index < -0.39 is 0 Å². The topological polar surface area (TPSA) is 75.5 Å². The Bertz CT molecular complexity index is 1070. The Morgan fingerprint density at radius 3 is 2.66 bits per heavy atom. The molecule has 2 aromatic heterocycles. The number of H-pyrrole nitrogens is 1. The summed E-state index contributed by atoms with van der Waals surface area (Å²) in [5, 5.41) is 0.719. The molecule has 0 aliphatic heterocycles. The van der Waals surface area contributed by atoms with E-state index in [4.69, 9.17) is 9.15 Å². The molecule has 0 atom stereocenters. The lowest BCUT2D eigenvalue weighted by Crippen LogP contribution is -2.33. The Balaban J connectivity index is 2.22. The Labute approximate surface area is 170 Å². The minimum Gasteiger partial charge on any atom is -0.463 e. The van der Waals surface area contributed by atoms with Gasteiger partial charge in [0.1, 0.15) is 11.8 Å². The zero-order valence-electron chi connectivity index (χ0n) is 17.7. The molecule has 3 aromatic rings. The average Bonchev–Trinajstić information content (AvgIpc) is 3.11. The van der Waals surface area contributed by atoms with Gasteiger partial charge in [0.25, 0.3) is 11.5 Å². The summed E-state index contributed by atoms with van der Waals surface area (Å²) in [5.74, 6) is -0.109. The molecule has 6 heteroatoms. The van der Waals surface area contributed by atoms with Crippen LogP contribution in [-0.4, -0.2) is 42.6 Å². The van der Waals surface area contributed by atoms with Gasteiger partial charge in [-0.25, -0.2) is 0 Å². The second-order valence-corrected chi connectivity index (χ2v) is 8.09. The number of carbonyl (C=O) groups is 1. The lowest BCUT2D eigenvalue weighted by molar-refractivity contribution is 0.0707. The highest BCUT2D eigenvalue weighted by Gasteiger charge is 2.26. The van der Waals surface area contributed by atoms with Crippen LogP contribution < -0.4 is 5.56 Å². The number of hydrogen-bond acceptors (Lipinski definition) is 4. The molecule has 0 fully saturated rings. The van der Waals surface area contributed by atoms with Crippen LogP contribution in [0.5, 0.6) is 0 Å². The number of nitrogens with zero attached hydrogens (tertiary/aromatic N) is 1. The molecule has 0 saturated heterocycles. The summed E-state index contributed by atoms with van der Waals surface area (Å²) in [4.78, 5) is 30.0. The molecule has 0 radical (unpaired) electrons. The van der Waals surface area contributed by atoms with E-state index in [9.17, 15) is 9.59 Å². The van der Waals surface area contributed by atoms with E-state index >= 15 is 0 Å². The molecule has 0 aliphatic rings. The van der Waals surface area contributed by atoms with Crippen LogP contribution in [-0.2, 0) is 10.2 Å². The van der Waals surface area contributed by atoms with Gasteiger partial charge in [0.2, 0.25) is 0 Å². The van der Waals surface area contributed by atoms with Crippen molar-refractivity contribution in [3.8, 4) is 11.1 Å². The second-order valence-electron chi connectivity index (χ2n) is 8.09. The predicted molar refractivity (Wildman–Crippen MR) is 114 cm³/mol. The number of methoxy groups -OCH3 is 1. The normalized spacial score (nSPS) is 11.8. The first-order valence-corrected chi connectivity index (χ1v) is 9.80. The van der Waals surface area contributed by atoms with Crippen molar-refractivity contribution in [3.63, 3.8) is 0 Å². The van der Waals surface area contributed by atoms with E-state index in [1.165, 1.54) is 6.26 Å². The van der Waals surface area contributed by atoms with Crippen LogP contribution in [0.15, 0.2) is 45.9 Å². The predicted octanol–water partition coefficient (Wildman–Crippen LogP) is 4.19. The molecule has 0 bridgehead atoms. The van der Waals surface area contributed by atoms with Gasteiger partial charge in [-0.3, -0.25) is 9.59 Å². The van der Waals surface area contributed by atoms with Crippen LogP contribution in [0.2, 0.25) is 0 Å². The summed E-state index contributed by atoms with van der Waals surface area (Å²) in [6.45, 7) is 9.73. The van der Waals surface area contributed by atoms with Gasteiger partial charge in [0.05, 0.1) is 12.2 Å². The third kappa shape index (κ3) is 4.12. The molecular formula is C23H28N2O4. The Kier molecular flexibility index (Phi) is 5.94. The van der Waals surface area contributed by atoms with Crippen molar-refractivity contribution < 1.29 is 13.9 Å². The number of rotatable bonds is 6. The van der Waals surface area contributed by atoms with E-state index in [0.29, 0.717) is 36.4 Å². The van der Waals surface area contributed by atoms with E-state index in [1.807, 2.05) is 19.1 Å². The number of pyridine rings is 1. The van der Waals surface area contributed by atoms with Crippen LogP contribution in [0.25, 0.3) is 22.1 Å². The SMILES string of the molecule is CCN(CCOC)C(=O)c1coc2c(C(C)(C)C)cc(-c3ccc[nH]c3=O)cc12. The third-order valence-electron chi connectivity index (χ3n) is 5.08. The van der Waals surface area contributed by atoms with Crippen LogP contribution in [0.1, 0.15) is 43.6 Å². The number of benzene rings is 1. The van der Waals surface area contributed by atoms with E-state index in [0.717, 1.165) is 16.5 Å². The zero-order chi connectivity index (χ0) is 21.2. The van der Waals surface area contributed by atoms with Gasteiger partial charge in [0.15, 0.2) is 0 Å². The highest BCUT2D eigenvalue weighted by atomic mass is 16.5. The lowest BCUT2D eigenvalue weighted by Gasteiger charge is -2.21. The molecule has 0 aliphatic carbocycles. The Hall–Kier alpha value is -2.86. The maximum absolute atomic E-state index is 13.2. The van der Waals surface area contributed by atoms with Gasteiger partial charge in [-0.1, -0.05) is 20.8 Å². The fraction of sp³-hybridized carbons (Fsp3) is 0.391. The number of fused-ring (bicyclic) bond motifs is 1. The highest BCUT2D eigenvalue weighted by molar-refractivity contribution is 6.07. The van der Waals surface area contributed by atoms with Crippen molar-refractivity contribution in [3.05, 3.63) is 58.2 Å². The average molecular weight is 396 g/mol. The largest absolute Gasteiger partial charge is 0.463 e. The number of ether oxygens (including phenoxy) is 1. The molecule has 0 saturated carbocycles. The number of furan rings is 1. The summed E-state index contributed by atoms with van der Waals surface area (Å²) in [7, 11) is 1.62. The summed E-state index contributed by atoms with van der Waals surface area (Å²) in [5.41, 5.74) is 3.06. The number of nitrogens with one attached hydrogen (secondary N) is 1. The number of carbonyl (C=O) groups excluding carboxylic acids is 1. The number of aromatic nitrogens is 1. The second kappa shape index (κ2) is 8.25. The first-order valence-electron chi connectivity index (χ1n) is 9.80. The van der Waals surface area contributed by atoms with Gasteiger partial charge in [-0.05, 0) is 42.2 Å². The molecule has 29 heavy (non-hydrogen) atoms. The fourth-order valence-corrected chi connectivity index (χ4v) is 3.44.